The number of rotatable bonds is 12. The van der Waals surface area contributed by atoms with Crippen molar-refractivity contribution in [2.75, 3.05) is 70.9 Å². The first-order valence-corrected chi connectivity index (χ1v) is 16.5. The molecule has 5 N–H and O–H groups in total. The third kappa shape index (κ3) is 8.41. The summed E-state index contributed by atoms with van der Waals surface area (Å²) in [5, 5.41) is 17.2. The van der Waals surface area contributed by atoms with Gasteiger partial charge in [-0.2, -0.15) is 0 Å². The zero-order valence-corrected chi connectivity index (χ0v) is 26.6. The molecule has 0 saturated carbocycles. The van der Waals surface area contributed by atoms with Crippen molar-refractivity contribution in [2.45, 2.75) is 57.3 Å². The lowest BCUT2D eigenvalue weighted by molar-refractivity contribution is -0.136. The van der Waals surface area contributed by atoms with Gasteiger partial charge in [0, 0.05) is 74.2 Å². The molecule has 0 spiro atoms. The van der Waals surface area contributed by atoms with Crippen LogP contribution in [-0.4, -0.2) is 109 Å². The summed E-state index contributed by atoms with van der Waals surface area (Å²) in [6.45, 7) is 9.12. The van der Waals surface area contributed by atoms with Crippen LogP contribution in [0.3, 0.4) is 0 Å². The van der Waals surface area contributed by atoms with Gasteiger partial charge in [-0.1, -0.05) is 17.7 Å². The lowest BCUT2D eigenvalue weighted by Gasteiger charge is -2.39. The molecule has 11 heteroatoms. The summed E-state index contributed by atoms with van der Waals surface area (Å²) in [7, 11) is 0. The number of nitrogens with zero attached hydrogens (tertiary/aromatic N) is 3. The molecular weight excluding hydrogens is 583 g/mol. The van der Waals surface area contributed by atoms with Crippen LogP contribution in [0.4, 0.5) is 10.1 Å². The molecule has 3 aliphatic rings. The van der Waals surface area contributed by atoms with Crippen molar-refractivity contribution in [3.05, 3.63) is 58.4 Å². The average molecular weight is 631 g/mol. The number of amides is 1. The Kier molecular flexibility index (Phi) is 11.7. The molecule has 5 rings (SSSR count). The van der Waals surface area contributed by atoms with Crippen molar-refractivity contribution < 1.29 is 19.0 Å². The molecule has 0 aromatic heterocycles. The van der Waals surface area contributed by atoms with E-state index >= 15 is 0 Å². The van der Waals surface area contributed by atoms with Crippen LogP contribution in [0.5, 0.6) is 5.75 Å². The molecule has 0 unspecified atom stereocenters. The molecule has 3 saturated heterocycles. The van der Waals surface area contributed by atoms with E-state index in [4.69, 9.17) is 22.1 Å². The highest BCUT2D eigenvalue weighted by Gasteiger charge is 2.33. The summed E-state index contributed by atoms with van der Waals surface area (Å²) < 4.78 is 20.2. The van der Waals surface area contributed by atoms with E-state index in [1.807, 2.05) is 24.0 Å². The maximum atomic E-state index is 14.5. The summed E-state index contributed by atoms with van der Waals surface area (Å²) in [6.07, 6.45) is 3.57. The number of aliphatic hydroxyl groups excluding tert-OH is 1. The van der Waals surface area contributed by atoms with Gasteiger partial charge in [-0.15, -0.1) is 0 Å². The smallest absolute Gasteiger partial charge is 0.239 e. The third-order valence-electron chi connectivity index (χ3n) is 9.43. The Bertz CT molecular complexity index is 1240. The molecule has 44 heavy (non-hydrogen) atoms. The summed E-state index contributed by atoms with van der Waals surface area (Å²) in [4.78, 5) is 19.9. The lowest BCUT2D eigenvalue weighted by Crippen LogP contribution is -2.55. The Morgan fingerprint density at radius 1 is 1.16 bits per heavy atom. The second-order valence-electron chi connectivity index (χ2n) is 12.4. The number of piperidine rings is 1. The molecular formula is C33H48ClFN6O3. The highest BCUT2D eigenvalue weighted by molar-refractivity contribution is 6.30. The fourth-order valence-electron chi connectivity index (χ4n) is 6.76. The fraction of sp³-hybridized carbons (Fsp3) is 0.606. The molecule has 1 amide bonds. The van der Waals surface area contributed by atoms with Gasteiger partial charge in [0.15, 0.2) is 0 Å². The standard InChI is InChI=1S/C33H48ClFN6O3/c1-2-44-31-5-3-4-29(35)28(31)21-40-14-16-41(17-15-40)33(43)32(36)23-8-11-39(12-9-23)13-10-24-18-25(34)6-7-30(24)38-26-19-27(22-42)37-20-26/h3-7,18,23,26-27,32,37-38,42H,2,8-17,19-22,36H2,1H3/t26-,27+,32-/m1/s1. The number of carbonyl (C=O) groups excluding carboxylic acids is 1. The molecule has 3 atom stereocenters. The van der Waals surface area contributed by atoms with Gasteiger partial charge in [-0.25, -0.2) is 4.39 Å². The van der Waals surface area contributed by atoms with Gasteiger partial charge < -0.3 is 36.0 Å². The first kappa shape index (κ1) is 32.9. The number of aliphatic hydroxyl groups is 1. The zero-order chi connectivity index (χ0) is 31.1. The van der Waals surface area contributed by atoms with Crippen molar-refractivity contribution in [1.29, 1.82) is 0 Å². The normalized spacial score (nSPS) is 22.7. The number of anilines is 1. The van der Waals surface area contributed by atoms with E-state index in [-0.39, 0.29) is 36.3 Å². The van der Waals surface area contributed by atoms with E-state index < -0.39 is 6.04 Å². The van der Waals surface area contributed by atoms with Gasteiger partial charge in [-0.05, 0) is 87.5 Å². The van der Waals surface area contributed by atoms with Crippen molar-refractivity contribution >= 4 is 23.2 Å². The van der Waals surface area contributed by atoms with Gasteiger partial charge in [0.05, 0.1) is 19.3 Å². The van der Waals surface area contributed by atoms with Gasteiger partial charge in [-0.3, -0.25) is 9.69 Å². The monoisotopic (exact) mass is 630 g/mol. The number of hydrogen-bond acceptors (Lipinski definition) is 8. The minimum Gasteiger partial charge on any atom is -0.493 e. The Morgan fingerprint density at radius 2 is 1.93 bits per heavy atom. The minimum atomic E-state index is -0.494. The number of carbonyl (C=O) groups is 1. The van der Waals surface area contributed by atoms with Crippen LogP contribution in [0, 0.1) is 11.7 Å². The van der Waals surface area contributed by atoms with Gasteiger partial charge in [0.2, 0.25) is 5.91 Å². The van der Waals surface area contributed by atoms with Crippen molar-refractivity contribution in [3.63, 3.8) is 0 Å². The van der Waals surface area contributed by atoms with Crippen LogP contribution in [-0.2, 0) is 17.8 Å². The van der Waals surface area contributed by atoms with Gasteiger partial charge in [0.1, 0.15) is 11.6 Å². The highest BCUT2D eigenvalue weighted by Crippen LogP contribution is 2.27. The lowest BCUT2D eigenvalue weighted by atomic mass is 9.88. The van der Waals surface area contributed by atoms with Crippen LogP contribution < -0.4 is 21.1 Å². The minimum absolute atomic E-state index is 0.0310. The number of halogens is 2. The first-order chi connectivity index (χ1) is 21.3. The van der Waals surface area contributed by atoms with Crippen molar-refractivity contribution in [2.24, 2.45) is 11.7 Å². The maximum Gasteiger partial charge on any atom is 0.239 e. The van der Waals surface area contributed by atoms with Crippen molar-refractivity contribution in [1.82, 2.24) is 20.0 Å². The summed E-state index contributed by atoms with van der Waals surface area (Å²) in [5.41, 5.74) is 9.44. The van der Waals surface area contributed by atoms with E-state index in [1.54, 1.807) is 12.1 Å². The number of piperazine rings is 1. The molecule has 242 valence electrons. The number of nitrogens with one attached hydrogen (secondary N) is 2. The quantitative estimate of drug-likeness (QED) is 0.284. The summed E-state index contributed by atoms with van der Waals surface area (Å²) in [6, 6.07) is 10.9. The van der Waals surface area contributed by atoms with E-state index in [0.29, 0.717) is 50.6 Å². The fourth-order valence-corrected chi connectivity index (χ4v) is 6.95. The average Bonchev–Trinajstić information content (AvgIpc) is 3.50. The van der Waals surface area contributed by atoms with Crippen LogP contribution in [0.25, 0.3) is 0 Å². The van der Waals surface area contributed by atoms with E-state index in [2.05, 4.69) is 26.5 Å². The second-order valence-corrected chi connectivity index (χ2v) is 12.8. The Hall–Kier alpha value is -2.47. The predicted molar refractivity (Wildman–Crippen MR) is 173 cm³/mol. The van der Waals surface area contributed by atoms with E-state index in [9.17, 15) is 14.3 Å². The van der Waals surface area contributed by atoms with E-state index in [0.717, 1.165) is 62.6 Å². The molecule has 0 aliphatic carbocycles. The van der Waals surface area contributed by atoms with Crippen LogP contribution in [0.2, 0.25) is 5.02 Å². The third-order valence-corrected chi connectivity index (χ3v) is 9.67. The van der Waals surface area contributed by atoms with Gasteiger partial charge in [0.25, 0.3) is 0 Å². The summed E-state index contributed by atoms with van der Waals surface area (Å²) >= 11 is 6.36. The number of nitrogens with two attached hydrogens (primary N) is 1. The zero-order valence-electron chi connectivity index (χ0n) is 25.8. The number of hydrogen-bond donors (Lipinski definition) is 4. The maximum absolute atomic E-state index is 14.5. The molecule has 3 fully saturated rings. The largest absolute Gasteiger partial charge is 0.493 e. The highest BCUT2D eigenvalue weighted by atomic mass is 35.5. The number of likely N-dealkylation sites (tertiary alicyclic amines) is 1. The second kappa shape index (κ2) is 15.7. The summed E-state index contributed by atoms with van der Waals surface area (Å²) in [5.74, 6) is 0.527. The first-order valence-electron chi connectivity index (χ1n) is 16.1. The van der Waals surface area contributed by atoms with Crippen molar-refractivity contribution in [3.8, 4) is 5.75 Å². The molecule has 9 nitrogen and oxygen atoms in total. The SMILES string of the molecule is CCOc1cccc(F)c1CN1CCN(C(=O)[C@H](N)C2CCN(CCc3cc(Cl)ccc3N[C@H]3CN[C@H](CO)C3)CC2)CC1. The van der Waals surface area contributed by atoms with Crippen LogP contribution >= 0.6 is 11.6 Å². The van der Waals surface area contributed by atoms with Crippen LogP contribution in [0.1, 0.15) is 37.3 Å². The molecule has 3 aliphatic heterocycles. The molecule has 2 aromatic carbocycles. The Labute approximate surface area is 265 Å². The number of ether oxygens (including phenoxy) is 1. The van der Waals surface area contributed by atoms with E-state index in [1.165, 1.54) is 11.6 Å². The predicted octanol–water partition coefficient (Wildman–Crippen LogP) is 2.94. The van der Waals surface area contributed by atoms with Gasteiger partial charge >= 0.3 is 0 Å². The molecule has 3 heterocycles. The van der Waals surface area contributed by atoms with Crippen LogP contribution in [0.15, 0.2) is 36.4 Å². The number of benzene rings is 2. The topological polar surface area (TPSA) is 106 Å². The molecule has 2 aromatic rings. The molecule has 0 radical (unpaired) electrons. The Balaban J connectivity index is 1.06. The molecule has 0 bridgehead atoms. The Morgan fingerprint density at radius 3 is 2.64 bits per heavy atom.